The summed E-state index contributed by atoms with van der Waals surface area (Å²) in [7, 11) is 0. The third-order valence-corrected chi connectivity index (χ3v) is 4.42. The molecule has 0 aliphatic heterocycles. The van der Waals surface area contributed by atoms with E-state index in [0.717, 1.165) is 11.1 Å². The summed E-state index contributed by atoms with van der Waals surface area (Å²) in [5.74, 6) is -1.70. The van der Waals surface area contributed by atoms with Gasteiger partial charge in [0.25, 0.3) is 0 Å². The average molecular weight is 397 g/mol. The molecule has 29 heavy (non-hydrogen) atoms. The summed E-state index contributed by atoms with van der Waals surface area (Å²) in [6.45, 7) is 3.36. The number of phenolic OH excluding ortho intramolecular Hbond substituents is 1. The first kappa shape index (κ1) is 22.1. The van der Waals surface area contributed by atoms with Crippen LogP contribution in [0.3, 0.4) is 0 Å². The van der Waals surface area contributed by atoms with Gasteiger partial charge in [-0.15, -0.1) is 0 Å². The summed E-state index contributed by atoms with van der Waals surface area (Å²) in [5, 5.41) is 14.4. The third kappa shape index (κ3) is 7.04. The highest BCUT2D eigenvalue weighted by Crippen LogP contribution is 2.11. The average Bonchev–Trinajstić information content (AvgIpc) is 2.69. The Morgan fingerprint density at radius 3 is 2.03 bits per heavy atom. The fourth-order valence-electron chi connectivity index (χ4n) is 2.67. The van der Waals surface area contributed by atoms with Crippen LogP contribution in [0.1, 0.15) is 25.0 Å². The lowest BCUT2D eigenvalue weighted by molar-refractivity contribution is -0.135. The van der Waals surface area contributed by atoms with Crippen molar-refractivity contribution in [3.8, 4) is 5.75 Å². The lowest BCUT2D eigenvalue weighted by atomic mass is 10.0. The molecule has 7 nitrogen and oxygen atoms in total. The molecule has 0 aliphatic rings. The van der Waals surface area contributed by atoms with Gasteiger partial charge in [0.05, 0.1) is 6.04 Å². The number of carbonyl (C=O) groups is 3. The maximum atomic E-state index is 12.6. The van der Waals surface area contributed by atoms with Gasteiger partial charge in [-0.25, -0.2) is 0 Å². The van der Waals surface area contributed by atoms with Crippen molar-refractivity contribution < 1.29 is 19.5 Å². The van der Waals surface area contributed by atoms with E-state index in [9.17, 15) is 19.5 Å². The Morgan fingerprint density at radius 2 is 1.45 bits per heavy atom. The van der Waals surface area contributed by atoms with Gasteiger partial charge in [0.2, 0.25) is 17.7 Å². The fourth-order valence-corrected chi connectivity index (χ4v) is 2.67. The summed E-state index contributed by atoms with van der Waals surface area (Å²) in [4.78, 5) is 37.1. The first-order valence-electron chi connectivity index (χ1n) is 9.48. The molecule has 0 spiro atoms. The van der Waals surface area contributed by atoms with Gasteiger partial charge < -0.3 is 16.2 Å². The smallest absolute Gasteiger partial charge is 0.249 e. The van der Waals surface area contributed by atoms with E-state index in [1.165, 1.54) is 12.1 Å². The van der Waals surface area contributed by atoms with E-state index >= 15 is 0 Å². The predicted molar refractivity (Wildman–Crippen MR) is 110 cm³/mol. The van der Waals surface area contributed by atoms with Crippen LogP contribution >= 0.6 is 0 Å². The molecular formula is C22H27N3O4. The normalized spacial score (nSPS) is 12.8. The minimum absolute atomic E-state index is 0.126. The van der Waals surface area contributed by atoms with Crippen molar-refractivity contribution in [3.05, 3.63) is 65.7 Å². The minimum atomic E-state index is -0.932. The zero-order valence-electron chi connectivity index (χ0n) is 16.6. The molecule has 7 heteroatoms. The van der Waals surface area contributed by atoms with Crippen molar-refractivity contribution in [1.82, 2.24) is 10.6 Å². The van der Waals surface area contributed by atoms with Gasteiger partial charge in [-0.05, 0) is 29.7 Å². The Balaban J connectivity index is 2.08. The molecule has 0 saturated carbocycles. The number of carbonyl (C=O) groups excluding carboxylic acids is 3. The second kappa shape index (κ2) is 10.4. The zero-order chi connectivity index (χ0) is 21.4. The first-order chi connectivity index (χ1) is 13.8. The van der Waals surface area contributed by atoms with Crippen molar-refractivity contribution >= 4 is 17.7 Å². The summed E-state index contributed by atoms with van der Waals surface area (Å²) in [6, 6.07) is 13.8. The Labute approximate surface area is 170 Å². The van der Waals surface area contributed by atoms with Crippen molar-refractivity contribution in [2.24, 2.45) is 11.7 Å². The molecule has 3 amide bonds. The SMILES string of the molecule is CC(C)C(=O)NC(=O)[C@@H](Cc1ccccc1)NC(=O)[C@@H](N)Cc1ccc(O)cc1. The Hall–Kier alpha value is -3.19. The number of phenols is 1. The highest BCUT2D eigenvalue weighted by molar-refractivity contribution is 6.00. The lowest BCUT2D eigenvalue weighted by Gasteiger charge is -2.21. The molecule has 0 unspecified atom stereocenters. The number of hydrogen-bond acceptors (Lipinski definition) is 5. The minimum Gasteiger partial charge on any atom is -0.508 e. The Kier molecular flexibility index (Phi) is 7.91. The van der Waals surface area contributed by atoms with E-state index in [1.807, 2.05) is 30.3 Å². The van der Waals surface area contributed by atoms with E-state index in [4.69, 9.17) is 5.73 Å². The second-order valence-corrected chi connectivity index (χ2v) is 7.24. The van der Waals surface area contributed by atoms with Crippen LogP contribution in [0.2, 0.25) is 0 Å². The number of nitrogens with one attached hydrogen (secondary N) is 2. The molecule has 0 fully saturated rings. The van der Waals surface area contributed by atoms with Crippen LogP contribution < -0.4 is 16.4 Å². The number of rotatable bonds is 8. The van der Waals surface area contributed by atoms with Crippen LogP contribution in [0.4, 0.5) is 0 Å². The fraction of sp³-hybridized carbons (Fsp3) is 0.318. The first-order valence-corrected chi connectivity index (χ1v) is 9.48. The molecule has 2 aromatic rings. The molecule has 154 valence electrons. The van der Waals surface area contributed by atoms with Crippen LogP contribution in [0.5, 0.6) is 5.75 Å². The van der Waals surface area contributed by atoms with Gasteiger partial charge in [0.1, 0.15) is 11.8 Å². The number of aromatic hydroxyl groups is 1. The monoisotopic (exact) mass is 397 g/mol. The standard InChI is InChI=1S/C22H27N3O4/c1-14(2)20(27)25-22(29)19(13-15-6-4-3-5-7-15)24-21(28)18(23)12-16-8-10-17(26)11-9-16/h3-11,14,18-19,26H,12-13,23H2,1-2H3,(H,24,28)(H,25,27,29)/t18-,19+/m0/s1. The molecule has 5 N–H and O–H groups in total. The number of amides is 3. The number of benzene rings is 2. The van der Waals surface area contributed by atoms with Crippen molar-refractivity contribution in [3.63, 3.8) is 0 Å². The molecule has 0 radical (unpaired) electrons. The van der Waals surface area contributed by atoms with Crippen molar-refractivity contribution in [1.29, 1.82) is 0 Å². The molecule has 0 aliphatic carbocycles. The van der Waals surface area contributed by atoms with E-state index < -0.39 is 29.8 Å². The zero-order valence-corrected chi connectivity index (χ0v) is 16.6. The molecule has 0 aromatic heterocycles. The van der Waals surface area contributed by atoms with Gasteiger partial charge in [-0.3, -0.25) is 19.7 Å². The van der Waals surface area contributed by atoms with Crippen LogP contribution in [0.25, 0.3) is 0 Å². The highest BCUT2D eigenvalue weighted by atomic mass is 16.3. The highest BCUT2D eigenvalue weighted by Gasteiger charge is 2.26. The largest absolute Gasteiger partial charge is 0.508 e. The second-order valence-electron chi connectivity index (χ2n) is 7.24. The number of imide groups is 1. The predicted octanol–water partition coefficient (Wildman–Crippen LogP) is 1.29. The molecule has 2 rings (SSSR count). The number of nitrogens with two attached hydrogens (primary N) is 1. The van der Waals surface area contributed by atoms with Gasteiger partial charge in [0, 0.05) is 12.3 Å². The summed E-state index contributed by atoms with van der Waals surface area (Å²) in [6.07, 6.45) is 0.479. The molecule has 0 heterocycles. The molecule has 2 atom stereocenters. The maximum absolute atomic E-state index is 12.6. The molecule has 0 bridgehead atoms. The van der Waals surface area contributed by atoms with E-state index in [2.05, 4.69) is 10.6 Å². The molecule has 2 aromatic carbocycles. The van der Waals surface area contributed by atoms with Crippen LogP contribution in [0, 0.1) is 5.92 Å². The third-order valence-electron chi connectivity index (χ3n) is 4.42. The van der Waals surface area contributed by atoms with Gasteiger partial charge >= 0.3 is 0 Å². The molecular weight excluding hydrogens is 370 g/mol. The van der Waals surface area contributed by atoms with E-state index in [-0.39, 0.29) is 24.5 Å². The van der Waals surface area contributed by atoms with Gasteiger partial charge in [0.15, 0.2) is 0 Å². The van der Waals surface area contributed by atoms with Gasteiger partial charge in [-0.2, -0.15) is 0 Å². The van der Waals surface area contributed by atoms with E-state index in [1.54, 1.807) is 26.0 Å². The Bertz CT molecular complexity index is 835. The topological polar surface area (TPSA) is 122 Å². The number of hydrogen-bond donors (Lipinski definition) is 4. The van der Waals surface area contributed by atoms with Crippen LogP contribution in [0.15, 0.2) is 54.6 Å². The quantitative estimate of drug-likeness (QED) is 0.535. The van der Waals surface area contributed by atoms with Gasteiger partial charge in [-0.1, -0.05) is 56.3 Å². The Morgan fingerprint density at radius 1 is 0.862 bits per heavy atom. The van der Waals surface area contributed by atoms with Crippen LogP contribution in [-0.4, -0.2) is 34.9 Å². The summed E-state index contributed by atoms with van der Waals surface area (Å²) < 4.78 is 0. The lowest BCUT2D eigenvalue weighted by Crippen LogP contribution is -2.54. The maximum Gasteiger partial charge on any atom is 0.249 e. The van der Waals surface area contributed by atoms with Crippen molar-refractivity contribution in [2.45, 2.75) is 38.8 Å². The van der Waals surface area contributed by atoms with E-state index in [0.29, 0.717) is 0 Å². The van der Waals surface area contributed by atoms with Crippen LogP contribution in [-0.2, 0) is 27.2 Å². The summed E-state index contributed by atoms with van der Waals surface area (Å²) in [5.41, 5.74) is 7.63. The summed E-state index contributed by atoms with van der Waals surface area (Å²) >= 11 is 0. The van der Waals surface area contributed by atoms with Crippen molar-refractivity contribution in [2.75, 3.05) is 0 Å². The molecule has 0 saturated heterocycles.